The number of nitriles is 4. The van der Waals surface area contributed by atoms with Crippen molar-refractivity contribution in [3.63, 3.8) is 0 Å². The van der Waals surface area contributed by atoms with Crippen LogP contribution in [0.5, 0.6) is 0 Å². The van der Waals surface area contributed by atoms with Gasteiger partial charge in [-0.3, -0.25) is 88.7 Å². The van der Waals surface area contributed by atoms with Gasteiger partial charge in [0.2, 0.25) is 17.8 Å². The number of aromatic amines is 1. The Kier molecular flexibility index (Phi) is 29.5. The van der Waals surface area contributed by atoms with Gasteiger partial charge in [0.05, 0.1) is 122 Å². The molecule has 11 rings (SSSR count). The predicted molar refractivity (Wildman–Crippen MR) is 408 cm³/mol. The fourth-order valence-corrected chi connectivity index (χ4v) is 17.1. The van der Waals surface area contributed by atoms with Gasteiger partial charge in [0, 0.05) is 30.5 Å². The van der Waals surface area contributed by atoms with E-state index in [4.69, 9.17) is 64.1 Å². The first-order valence-corrected chi connectivity index (χ1v) is 44.0. The van der Waals surface area contributed by atoms with Gasteiger partial charge in [-0.2, -0.15) is 26.0 Å². The van der Waals surface area contributed by atoms with Crippen LogP contribution in [0.1, 0.15) is 106 Å². The highest BCUT2D eigenvalue weighted by Crippen LogP contribution is 2.59. The number of imidazole rings is 3. The monoisotopic (exact) mass is 1710 g/mol. The molecule has 42 nitrogen and oxygen atoms in total. The van der Waals surface area contributed by atoms with Crippen LogP contribution in [-0.4, -0.2) is 205 Å². The number of phosphoric acid groups is 3. The topological polar surface area (TPSA) is 543 Å². The van der Waals surface area contributed by atoms with Crippen LogP contribution >= 0.6 is 23.5 Å². The second-order valence-corrected chi connectivity index (χ2v) is 37.8. The first kappa shape index (κ1) is 88.7. The Bertz CT molecular complexity index is 5270. The minimum Gasteiger partial charge on any atom is -0.407 e. The van der Waals surface area contributed by atoms with E-state index in [1.807, 2.05) is 39.9 Å². The highest BCUT2D eigenvalue weighted by molar-refractivity contribution is 7.49. The fourth-order valence-electron chi connectivity index (χ4n) is 11.8. The number of anilines is 3. The maximum atomic E-state index is 18.6. The van der Waals surface area contributed by atoms with Crippen LogP contribution in [0.2, 0.25) is 18.1 Å². The molecule has 4 amide bonds. The quantitative estimate of drug-likeness (QED) is 0.0136. The van der Waals surface area contributed by atoms with E-state index in [1.165, 1.54) is 42.2 Å². The van der Waals surface area contributed by atoms with Crippen molar-refractivity contribution in [2.75, 3.05) is 75.9 Å². The van der Waals surface area contributed by atoms with Crippen molar-refractivity contribution in [3.8, 4) is 24.3 Å². The van der Waals surface area contributed by atoms with Crippen LogP contribution in [0.3, 0.4) is 0 Å². The second-order valence-electron chi connectivity index (χ2n) is 28.1. The number of nitrogens with zero attached hydrogens (tertiary/aromatic N) is 15. The number of phosphoric ester groups is 3. The van der Waals surface area contributed by atoms with Gasteiger partial charge in [0.25, 0.3) is 17.4 Å². The first-order valence-electron chi connectivity index (χ1n) is 36.7. The number of ether oxygens (including phenoxy) is 4. The summed E-state index contributed by atoms with van der Waals surface area (Å²) in [7, 11) is -17.6. The van der Waals surface area contributed by atoms with Gasteiger partial charge in [-0.15, -0.1) is 0 Å². The standard InChI is InChI=1S/C70H83F2N20O22P3Si/c1-41(2)62(94)88-69-87-61-52(65(97)89-69)84-40-92(61)68-56(114-118(7,8)70(3,4)5)55(101-32-23-47(93)77-6)46(111-68)35-108-117(100,105-31-18-27-76)113-54-45(110-67(49(54)72)91-39-83-51-58(79-37-81-60(51)91)86-64(96)43-21-13-10-14-22-43)34-107-116(99,104-30-17-26-75)112-53-44(33-106-115(98,102-28-15-24-73)103-29-16-25-74)109-66(48(53)71)90-38-82-50-57(78-36-80-59(50)90)85-63(95)42-19-11-9-12-20-42/h9-14,19-22,36-41,44-46,48-49,53-56,66-68H,15-18,23,28-35H2,1-8H3,(H,77,93)(H,78,80,85,95)(H,79,81,86,96)(H2,87,88,89,94,97)/t44-,45-,46-,48+,49+,53?,54?,55?,56+,66-,67-,68-,116?,117?/m1/s1. The summed E-state index contributed by atoms with van der Waals surface area (Å²) in [5, 5.41) is 48.2. The smallest absolute Gasteiger partial charge is 0.407 e. The maximum Gasteiger partial charge on any atom is 0.475 e. The molecule has 0 radical (unpaired) electrons. The zero-order valence-corrected chi connectivity index (χ0v) is 68.3. The Balaban J connectivity index is 0.963. The molecule has 5 N–H and O–H groups in total. The average Bonchev–Trinajstić information content (AvgIpc) is 1.48. The third-order valence-corrected chi connectivity index (χ3v) is 27.7. The van der Waals surface area contributed by atoms with Gasteiger partial charge in [-0.1, -0.05) is 71.0 Å². The summed E-state index contributed by atoms with van der Waals surface area (Å²) >= 11 is 0. The third kappa shape index (κ3) is 21.1. The Labute approximate surface area is 672 Å². The number of rotatable bonds is 40. The Hall–Kier alpha value is -10.1. The number of benzene rings is 2. The minimum absolute atomic E-state index is 0.0971. The van der Waals surface area contributed by atoms with E-state index in [2.05, 4.69) is 66.1 Å². The lowest BCUT2D eigenvalue weighted by atomic mass is 10.1. The molecule has 9 heterocycles. The lowest BCUT2D eigenvalue weighted by Gasteiger charge is -2.40. The van der Waals surface area contributed by atoms with Crippen molar-refractivity contribution < 1.29 is 106 Å². The lowest BCUT2D eigenvalue weighted by Crippen LogP contribution is -2.49. The van der Waals surface area contributed by atoms with Crippen molar-refractivity contribution in [1.82, 2.24) is 63.9 Å². The molecular weight excluding hydrogens is 1630 g/mol. The van der Waals surface area contributed by atoms with Crippen molar-refractivity contribution >= 4 is 106 Å². The Morgan fingerprint density at radius 2 is 0.975 bits per heavy atom. The Morgan fingerprint density at radius 3 is 1.41 bits per heavy atom. The number of amides is 4. The maximum absolute atomic E-state index is 18.6. The molecule has 0 aliphatic carbocycles. The molecule has 2 aromatic carbocycles. The molecule has 14 atom stereocenters. The van der Waals surface area contributed by atoms with E-state index in [1.54, 1.807) is 68.5 Å². The van der Waals surface area contributed by atoms with Gasteiger partial charge in [-0.05, 0) is 42.4 Å². The largest absolute Gasteiger partial charge is 0.475 e. The Morgan fingerprint density at radius 1 is 0.559 bits per heavy atom. The number of alkyl halides is 2. The van der Waals surface area contributed by atoms with Crippen molar-refractivity contribution in [3.05, 3.63) is 114 Å². The van der Waals surface area contributed by atoms with E-state index in [0.717, 1.165) is 34.4 Å². The molecule has 0 bridgehead atoms. The van der Waals surface area contributed by atoms with Crippen LogP contribution in [-0.2, 0) is 87.4 Å². The third-order valence-electron chi connectivity index (χ3n) is 18.8. The van der Waals surface area contributed by atoms with Crippen LogP contribution in [0.15, 0.2) is 97.1 Å². The molecule has 3 fully saturated rings. The number of aromatic nitrogens is 12. The van der Waals surface area contributed by atoms with Crippen LogP contribution in [0.25, 0.3) is 33.5 Å². The van der Waals surface area contributed by atoms with E-state index in [0.29, 0.717) is 0 Å². The van der Waals surface area contributed by atoms with Crippen LogP contribution in [0.4, 0.5) is 26.4 Å². The number of hydrogen-bond donors (Lipinski definition) is 5. The summed E-state index contributed by atoms with van der Waals surface area (Å²) in [5.74, 6) is -3.30. The van der Waals surface area contributed by atoms with Crippen LogP contribution < -0.4 is 26.8 Å². The summed E-state index contributed by atoms with van der Waals surface area (Å²) in [4.78, 5) is 104. The van der Waals surface area contributed by atoms with Gasteiger partial charge >= 0.3 is 23.5 Å². The van der Waals surface area contributed by atoms with Crippen LogP contribution in [0, 0.1) is 51.2 Å². The molecule has 628 valence electrons. The summed E-state index contributed by atoms with van der Waals surface area (Å²) < 4.78 is 172. The number of halogens is 2. The zero-order valence-electron chi connectivity index (χ0n) is 64.6. The number of hydrogen-bond acceptors (Lipinski definition) is 34. The van der Waals surface area contributed by atoms with E-state index < -0.39 is 205 Å². The number of carbonyl (C=O) groups excluding carboxylic acids is 4. The van der Waals surface area contributed by atoms with Crippen molar-refractivity contribution in [2.45, 2.75) is 159 Å². The average molecular weight is 1720 g/mol. The predicted octanol–water partition coefficient (Wildman–Crippen LogP) is 9.04. The molecule has 3 saturated heterocycles. The summed E-state index contributed by atoms with van der Waals surface area (Å²) in [5.41, 5.74) is -1.24. The van der Waals surface area contributed by atoms with Crippen molar-refractivity contribution in [1.29, 1.82) is 21.0 Å². The number of nitrogens with one attached hydrogen (secondary N) is 5. The fraction of sp³-hybridized carbons (Fsp3) is 0.500. The molecule has 5 unspecified atom stereocenters. The molecular formula is C70H83F2N20O22P3Si. The zero-order chi connectivity index (χ0) is 84.7. The number of H-pyrrole nitrogens is 1. The summed E-state index contributed by atoms with van der Waals surface area (Å²) in [6.45, 7) is 6.75. The van der Waals surface area contributed by atoms with Crippen molar-refractivity contribution in [2.24, 2.45) is 5.92 Å². The minimum atomic E-state index is -5.61. The lowest BCUT2D eigenvalue weighted by molar-refractivity contribution is -0.123. The highest BCUT2D eigenvalue weighted by Gasteiger charge is 2.57. The summed E-state index contributed by atoms with van der Waals surface area (Å²) in [6.07, 6.45) is -19.9. The van der Waals surface area contributed by atoms with Gasteiger partial charge < -0.3 is 39.3 Å². The molecule has 118 heavy (non-hydrogen) atoms. The second kappa shape index (κ2) is 39.2. The number of carbonyl (C=O) groups is 4. The highest BCUT2D eigenvalue weighted by atomic mass is 31.2. The van der Waals surface area contributed by atoms with Gasteiger partial charge in [0.1, 0.15) is 55.4 Å². The molecule has 8 aromatic rings. The molecule has 6 aromatic heterocycles. The molecule has 48 heteroatoms. The van der Waals surface area contributed by atoms with E-state index >= 15 is 17.9 Å². The van der Waals surface area contributed by atoms with E-state index in [-0.39, 0.29) is 88.1 Å². The molecule has 3 aliphatic heterocycles. The molecule has 3 aliphatic rings. The van der Waals surface area contributed by atoms with Gasteiger partial charge in [-0.25, -0.2) is 57.4 Å². The van der Waals surface area contributed by atoms with E-state index in [9.17, 15) is 49.6 Å². The SMILES string of the molecule is CNC(=O)CCOC1[C@@H](COP(=O)(OCCC#N)OC2[C@@H](COP(=O)(OCCC#N)OC3[C@@H](COP(=O)(OCCC#N)OCCC#N)O[C@@H](n4cnc5c(NC(=O)c6ccccc6)ncnc54)[C@H]3F)O[C@@H](n3cnc4c(NC(=O)c5ccccc5)ncnc43)[C@H]2F)O[C@@H](n2cnc3c(=O)[nH]c(NC(=O)C(C)C)nc32)[C@H]1O[Si](C)(C)C(C)(C)C. The normalized spacial score (nSPS) is 22.5. The molecule has 0 saturated carbocycles. The van der Waals surface area contributed by atoms with Gasteiger partial charge in [0.15, 0.2) is 84.5 Å². The number of fused-ring (bicyclic) bond motifs is 3. The molecule has 0 spiro atoms. The first-order chi connectivity index (χ1) is 56.4. The summed E-state index contributed by atoms with van der Waals surface area (Å²) in [6, 6.07) is 23.2.